The number of benzene rings is 1. The highest BCUT2D eigenvalue weighted by atomic mass is 35.5. The molecule has 2 atom stereocenters. The van der Waals surface area contributed by atoms with Crippen LogP contribution >= 0.6 is 11.6 Å². The smallest absolute Gasteiger partial charge is 0.326 e. The first kappa shape index (κ1) is 14.8. The van der Waals surface area contributed by atoms with Gasteiger partial charge in [0.2, 0.25) is 5.91 Å². The van der Waals surface area contributed by atoms with E-state index >= 15 is 0 Å². The standard InChI is InChI=1S/C15H14ClFN2O3/c16-9-2-3-10(18)13(14(9)17)7-5-8-1-4-11(15(21)22)19(8)12(20)6-7/h2-3,6,8,11H,1,4-5,18H2,(H,21,22)/t8-,11?/m1/s1. The summed E-state index contributed by atoms with van der Waals surface area (Å²) in [6.45, 7) is 0. The van der Waals surface area contributed by atoms with Crippen LogP contribution in [0.4, 0.5) is 10.1 Å². The van der Waals surface area contributed by atoms with Gasteiger partial charge in [-0.3, -0.25) is 4.79 Å². The Morgan fingerprint density at radius 3 is 2.82 bits per heavy atom. The number of carboxylic acids is 1. The third-order valence-electron chi connectivity index (χ3n) is 4.24. The number of hydrogen-bond acceptors (Lipinski definition) is 3. The van der Waals surface area contributed by atoms with Crippen molar-refractivity contribution in [2.45, 2.75) is 31.3 Å². The molecule has 1 saturated heterocycles. The fourth-order valence-corrected chi connectivity index (χ4v) is 3.42. The van der Waals surface area contributed by atoms with Crippen molar-refractivity contribution in [3.05, 3.63) is 34.6 Å². The predicted octanol–water partition coefficient (Wildman–Crippen LogP) is 2.29. The van der Waals surface area contributed by atoms with E-state index in [1.54, 1.807) is 0 Å². The van der Waals surface area contributed by atoms with Crippen LogP contribution in [-0.2, 0) is 9.59 Å². The Hall–Kier alpha value is -2.08. The second kappa shape index (κ2) is 5.28. The van der Waals surface area contributed by atoms with E-state index < -0.39 is 23.7 Å². The number of hydrogen-bond donors (Lipinski definition) is 2. The van der Waals surface area contributed by atoms with Crippen molar-refractivity contribution in [3.8, 4) is 0 Å². The molecule has 2 aliphatic rings. The number of rotatable bonds is 2. The van der Waals surface area contributed by atoms with Gasteiger partial charge in [0.25, 0.3) is 0 Å². The van der Waals surface area contributed by atoms with Gasteiger partial charge < -0.3 is 15.7 Å². The molecule has 1 amide bonds. The van der Waals surface area contributed by atoms with Crippen LogP contribution in [0.1, 0.15) is 24.8 Å². The third-order valence-corrected chi connectivity index (χ3v) is 4.54. The molecule has 3 N–H and O–H groups in total. The molecule has 1 unspecified atom stereocenters. The predicted molar refractivity (Wildman–Crippen MR) is 79.7 cm³/mol. The Morgan fingerprint density at radius 1 is 1.41 bits per heavy atom. The SMILES string of the molecule is Nc1ccc(Cl)c(F)c1C1=CC(=O)N2C(C(=O)O)CC[C@@H]2C1. The van der Waals surface area contributed by atoms with E-state index in [2.05, 4.69) is 0 Å². The van der Waals surface area contributed by atoms with E-state index in [0.29, 0.717) is 24.8 Å². The van der Waals surface area contributed by atoms with Gasteiger partial charge in [-0.2, -0.15) is 0 Å². The topological polar surface area (TPSA) is 83.6 Å². The lowest BCUT2D eigenvalue weighted by molar-refractivity contribution is -0.147. The molecule has 5 nitrogen and oxygen atoms in total. The first-order chi connectivity index (χ1) is 10.4. The van der Waals surface area contributed by atoms with Gasteiger partial charge in [0.05, 0.1) is 5.02 Å². The Bertz CT molecular complexity index is 704. The highest BCUT2D eigenvalue weighted by Gasteiger charge is 2.43. The molecule has 116 valence electrons. The Kier molecular flexibility index (Phi) is 3.56. The number of fused-ring (bicyclic) bond motifs is 1. The van der Waals surface area contributed by atoms with Gasteiger partial charge in [0, 0.05) is 23.4 Å². The van der Waals surface area contributed by atoms with Gasteiger partial charge in [-0.15, -0.1) is 0 Å². The molecule has 0 radical (unpaired) electrons. The lowest BCUT2D eigenvalue weighted by Crippen LogP contribution is -2.46. The monoisotopic (exact) mass is 324 g/mol. The molecular formula is C15H14ClFN2O3. The minimum absolute atomic E-state index is 0.0604. The quantitative estimate of drug-likeness (QED) is 0.818. The maximum absolute atomic E-state index is 14.3. The van der Waals surface area contributed by atoms with Crippen LogP contribution < -0.4 is 5.73 Å². The van der Waals surface area contributed by atoms with Crippen molar-refractivity contribution >= 4 is 34.7 Å². The number of nitrogens with two attached hydrogens (primary N) is 1. The summed E-state index contributed by atoms with van der Waals surface area (Å²) in [4.78, 5) is 24.8. The Labute approximate surface area is 131 Å². The molecule has 3 rings (SSSR count). The normalized spacial score (nSPS) is 24.2. The second-order valence-electron chi connectivity index (χ2n) is 5.53. The van der Waals surface area contributed by atoms with E-state index in [1.165, 1.54) is 23.1 Å². The number of halogens is 2. The maximum atomic E-state index is 14.3. The van der Waals surface area contributed by atoms with Crippen LogP contribution in [0, 0.1) is 5.82 Å². The number of carboxylic acid groups (broad SMARTS) is 1. The van der Waals surface area contributed by atoms with E-state index in [9.17, 15) is 14.0 Å². The summed E-state index contributed by atoms with van der Waals surface area (Å²) in [7, 11) is 0. The molecule has 1 aromatic rings. The molecule has 1 fully saturated rings. The minimum atomic E-state index is -1.01. The molecule has 0 bridgehead atoms. The maximum Gasteiger partial charge on any atom is 0.326 e. The Balaban J connectivity index is 2.01. The molecule has 22 heavy (non-hydrogen) atoms. The fraction of sp³-hybridized carbons (Fsp3) is 0.333. The minimum Gasteiger partial charge on any atom is -0.480 e. The third kappa shape index (κ3) is 2.23. The lowest BCUT2D eigenvalue weighted by atomic mass is 9.92. The van der Waals surface area contributed by atoms with Crippen molar-refractivity contribution in [2.75, 3.05) is 5.73 Å². The number of carbonyl (C=O) groups excluding carboxylic acids is 1. The van der Waals surface area contributed by atoms with E-state index in [-0.39, 0.29) is 22.3 Å². The van der Waals surface area contributed by atoms with Crippen LogP contribution in [-0.4, -0.2) is 34.0 Å². The van der Waals surface area contributed by atoms with E-state index in [0.717, 1.165) is 0 Å². The van der Waals surface area contributed by atoms with Crippen LogP contribution in [0.3, 0.4) is 0 Å². The summed E-state index contributed by atoms with van der Waals surface area (Å²) >= 11 is 5.79. The molecular weight excluding hydrogens is 311 g/mol. The molecule has 0 saturated carbocycles. The van der Waals surface area contributed by atoms with Crippen LogP contribution in [0.25, 0.3) is 5.57 Å². The summed E-state index contributed by atoms with van der Waals surface area (Å²) in [5.41, 5.74) is 6.64. The van der Waals surface area contributed by atoms with Crippen LogP contribution in [0.15, 0.2) is 18.2 Å². The molecule has 0 aromatic heterocycles. The average molecular weight is 325 g/mol. The van der Waals surface area contributed by atoms with Gasteiger partial charge in [0.15, 0.2) is 5.82 Å². The number of aliphatic carboxylic acids is 1. The van der Waals surface area contributed by atoms with Crippen molar-refractivity contribution < 1.29 is 19.1 Å². The summed E-state index contributed by atoms with van der Waals surface area (Å²) in [6, 6.07) is 1.80. The van der Waals surface area contributed by atoms with Gasteiger partial charge in [-0.25, -0.2) is 9.18 Å². The van der Waals surface area contributed by atoms with Crippen LogP contribution in [0.2, 0.25) is 5.02 Å². The van der Waals surface area contributed by atoms with Crippen molar-refractivity contribution in [1.82, 2.24) is 4.90 Å². The first-order valence-electron chi connectivity index (χ1n) is 6.89. The number of anilines is 1. The highest BCUT2D eigenvalue weighted by molar-refractivity contribution is 6.31. The zero-order chi connectivity index (χ0) is 16.0. The van der Waals surface area contributed by atoms with E-state index in [1.807, 2.05) is 0 Å². The lowest BCUT2D eigenvalue weighted by Gasteiger charge is -2.32. The second-order valence-corrected chi connectivity index (χ2v) is 5.94. The number of amides is 1. The molecule has 7 heteroatoms. The average Bonchev–Trinajstić information content (AvgIpc) is 2.88. The highest BCUT2D eigenvalue weighted by Crippen LogP contribution is 2.39. The summed E-state index contributed by atoms with van der Waals surface area (Å²) in [5.74, 6) is -2.09. The molecule has 2 aliphatic heterocycles. The Morgan fingerprint density at radius 2 is 2.14 bits per heavy atom. The zero-order valence-electron chi connectivity index (χ0n) is 11.6. The first-order valence-corrected chi connectivity index (χ1v) is 7.27. The van der Waals surface area contributed by atoms with Crippen molar-refractivity contribution in [2.24, 2.45) is 0 Å². The number of carbonyl (C=O) groups is 2. The number of nitrogens with zero attached hydrogens (tertiary/aromatic N) is 1. The van der Waals surface area contributed by atoms with Crippen LogP contribution in [0.5, 0.6) is 0 Å². The summed E-state index contributed by atoms with van der Waals surface area (Å²) in [6.07, 6.45) is 2.61. The fourth-order valence-electron chi connectivity index (χ4n) is 3.26. The largest absolute Gasteiger partial charge is 0.480 e. The van der Waals surface area contributed by atoms with Gasteiger partial charge in [-0.1, -0.05) is 11.6 Å². The van der Waals surface area contributed by atoms with Gasteiger partial charge in [0.1, 0.15) is 6.04 Å². The zero-order valence-corrected chi connectivity index (χ0v) is 12.3. The summed E-state index contributed by atoms with van der Waals surface area (Å²) in [5, 5.41) is 9.11. The number of nitrogen functional groups attached to an aromatic ring is 1. The van der Waals surface area contributed by atoms with Crippen molar-refractivity contribution in [1.29, 1.82) is 0 Å². The molecule has 0 spiro atoms. The molecule has 0 aliphatic carbocycles. The molecule has 2 heterocycles. The van der Waals surface area contributed by atoms with Gasteiger partial charge >= 0.3 is 5.97 Å². The van der Waals surface area contributed by atoms with E-state index in [4.69, 9.17) is 22.4 Å². The van der Waals surface area contributed by atoms with Crippen molar-refractivity contribution in [3.63, 3.8) is 0 Å². The summed E-state index contributed by atoms with van der Waals surface area (Å²) < 4.78 is 14.3. The van der Waals surface area contributed by atoms with Gasteiger partial charge in [-0.05, 0) is 37.0 Å². The molecule has 1 aromatic carbocycles.